The summed E-state index contributed by atoms with van der Waals surface area (Å²) in [6, 6.07) is 0. The average molecular weight is 160 g/mol. The van der Waals surface area contributed by atoms with Gasteiger partial charge in [-0.2, -0.15) is 0 Å². The molecule has 66 valence electrons. The molecule has 0 amide bonds. The first kappa shape index (κ1) is 10.4. The summed E-state index contributed by atoms with van der Waals surface area (Å²) >= 11 is 0. The predicted molar refractivity (Wildman–Crippen MR) is 42.1 cm³/mol. The Morgan fingerprint density at radius 3 is 2.64 bits per heavy atom. The second-order valence-electron chi connectivity index (χ2n) is 2.88. The summed E-state index contributed by atoms with van der Waals surface area (Å²) in [4.78, 5) is 10.8. The van der Waals surface area contributed by atoms with Crippen molar-refractivity contribution < 1.29 is 14.6 Å². The lowest BCUT2D eigenvalue weighted by atomic mass is 10.1. The van der Waals surface area contributed by atoms with Crippen molar-refractivity contribution in [3.05, 3.63) is 0 Å². The molecule has 0 spiro atoms. The van der Waals surface area contributed by atoms with Crippen LogP contribution in [0.5, 0.6) is 0 Å². The van der Waals surface area contributed by atoms with E-state index in [9.17, 15) is 4.79 Å². The SMILES string of the molecule is CC(C)CCC(=O)OCCO. The van der Waals surface area contributed by atoms with E-state index in [-0.39, 0.29) is 19.2 Å². The molecular weight excluding hydrogens is 144 g/mol. The Morgan fingerprint density at radius 1 is 1.55 bits per heavy atom. The third-order valence-corrected chi connectivity index (χ3v) is 1.28. The lowest BCUT2D eigenvalue weighted by Crippen LogP contribution is -2.08. The molecule has 0 aromatic carbocycles. The van der Waals surface area contributed by atoms with Crippen molar-refractivity contribution in [1.29, 1.82) is 0 Å². The number of hydrogen-bond donors (Lipinski definition) is 1. The summed E-state index contributed by atoms with van der Waals surface area (Å²) in [6.07, 6.45) is 1.31. The highest BCUT2D eigenvalue weighted by Gasteiger charge is 2.03. The Hall–Kier alpha value is -0.570. The molecule has 0 radical (unpaired) electrons. The number of esters is 1. The number of aliphatic hydroxyl groups excluding tert-OH is 1. The van der Waals surface area contributed by atoms with Gasteiger partial charge >= 0.3 is 5.97 Å². The van der Waals surface area contributed by atoms with Gasteiger partial charge in [-0.25, -0.2) is 0 Å². The number of rotatable bonds is 5. The fourth-order valence-electron chi connectivity index (χ4n) is 0.638. The summed E-state index contributed by atoms with van der Waals surface area (Å²) in [5, 5.41) is 8.32. The van der Waals surface area contributed by atoms with Crippen LogP contribution < -0.4 is 0 Å². The van der Waals surface area contributed by atoms with Crippen LogP contribution in [0, 0.1) is 5.92 Å². The first-order valence-electron chi connectivity index (χ1n) is 3.93. The quantitative estimate of drug-likeness (QED) is 0.609. The van der Waals surface area contributed by atoms with Gasteiger partial charge in [0.25, 0.3) is 0 Å². The Kier molecular flexibility index (Phi) is 5.84. The van der Waals surface area contributed by atoms with E-state index in [1.54, 1.807) is 0 Å². The van der Waals surface area contributed by atoms with Crippen LogP contribution in [0.3, 0.4) is 0 Å². The monoisotopic (exact) mass is 160 g/mol. The van der Waals surface area contributed by atoms with Gasteiger partial charge < -0.3 is 9.84 Å². The van der Waals surface area contributed by atoms with Crippen LogP contribution in [0.1, 0.15) is 26.7 Å². The molecule has 0 fully saturated rings. The van der Waals surface area contributed by atoms with E-state index in [1.165, 1.54) is 0 Å². The second kappa shape index (κ2) is 6.16. The molecule has 11 heavy (non-hydrogen) atoms. The molecule has 0 rings (SSSR count). The zero-order chi connectivity index (χ0) is 8.69. The molecule has 0 aliphatic heterocycles. The highest BCUT2D eigenvalue weighted by molar-refractivity contribution is 5.69. The van der Waals surface area contributed by atoms with Crippen molar-refractivity contribution in [1.82, 2.24) is 0 Å². The zero-order valence-electron chi connectivity index (χ0n) is 7.17. The van der Waals surface area contributed by atoms with Crippen molar-refractivity contribution in [2.24, 2.45) is 5.92 Å². The van der Waals surface area contributed by atoms with Crippen molar-refractivity contribution in [3.63, 3.8) is 0 Å². The standard InChI is InChI=1S/C8H16O3/c1-7(2)3-4-8(10)11-6-5-9/h7,9H,3-6H2,1-2H3. The van der Waals surface area contributed by atoms with Crippen LogP contribution in [-0.2, 0) is 9.53 Å². The highest BCUT2D eigenvalue weighted by Crippen LogP contribution is 2.03. The first-order valence-corrected chi connectivity index (χ1v) is 3.93. The lowest BCUT2D eigenvalue weighted by Gasteiger charge is -2.04. The van der Waals surface area contributed by atoms with Gasteiger partial charge in [-0.05, 0) is 12.3 Å². The van der Waals surface area contributed by atoms with Gasteiger partial charge in [-0.1, -0.05) is 13.8 Å². The fourth-order valence-corrected chi connectivity index (χ4v) is 0.638. The maximum Gasteiger partial charge on any atom is 0.305 e. The second-order valence-corrected chi connectivity index (χ2v) is 2.88. The van der Waals surface area contributed by atoms with Crippen LogP contribution >= 0.6 is 0 Å². The van der Waals surface area contributed by atoms with Crippen molar-refractivity contribution >= 4 is 5.97 Å². The van der Waals surface area contributed by atoms with Crippen LogP contribution in [0.2, 0.25) is 0 Å². The smallest absolute Gasteiger partial charge is 0.305 e. The summed E-state index contributed by atoms with van der Waals surface area (Å²) in [6.45, 7) is 4.14. The van der Waals surface area contributed by atoms with Crippen molar-refractivity contribution in [2.45, 2.75) is 26.7 Å². The summed E-state index contributed by atoms with van der Waals surface area (Å²) in [5.41, 5.74) is 0. The molecule has 3 heteroatoms. The molecule has 0 saturated carbocycles. The van der Waals surface area contributed by atoms with Crippen molar-refractivity contribution in [2.75, 3.05) is 13.2 Å². The predicted octanol–water partition coefficient (Wildman–Crippen LogP) is 0.958. The van der Waals surface area contributed by atoms with E-state index in [0.717, 1.165) is 6.42 Å². The van der Waals surface area contributed by atoms with E-state index < -0.39 is 0 Å². The normalized spacial score (nSPS) is 10.2. The van der Waals surface area contributed by atoms with E-state index in [0.29, 0.717) is 12.3 Å². The molecule has 0 aromatic rings. The number of ether oxygens (including phenoxy) is 1. The van der Waals surface area contributed by atoms with Crippen LogP contribution in [0.25, 0.3) is 0 Å². The van der Waals surface area contributed by atoms with Gasteiger partial charge in [0.2, 0.25) is 0 Å². The van der Waals surface area contributed by atoms with Gasteiger partial charge in [0.05, 0.1) is 6.61 Å². The average Bonchev–Trinajstić information content (AvgIpc) is 1.97. The van der Waals surface area contributed by atoms with Gasteiger partial charge in [-0.3, -0.25) is 4.79 Å². The zero-order valence-corrected chi connectivity index (χ0v) is 7.17. The molecule has 0 aliphatic carbocycles. The largest absolute Gasteiger partial charge is 0.463 e. The van der Waals surface area contributed by atoms with Crippen LogP contribution in [0.4, 0.5) is 0 Å². The molecule has 1 N–H and O–H groups in total. The lowest BCUT2D eigenvalue weighted by molar-refractivity contribution is -0.144. The molecule has 0 aromatic heterocycles. The number of carbonyl (C=O) groups is 1. The van der Waals surface area contributed by atoms with Gasteiger partial charge in [0, 0.05) is 6.42 Å². The number of carbonyl (C=O) groups excluding carboxylic acids is 1. The molecule has 0 atom stereocenters. The van der Waals surface area contributed by atoms with Crippen LogP contribution in [0.15, 0.2) is 0 Å². The maximum absolute atomic E-state index is 10.8. The Morgan fingerprint density at radius 2 is 2.18 bits per heavy atom. The molecule has 0 unspecified atom stereocenters. The van der Waals surface area contributed by atoms with E-state index in [4.69, 9.17) is 5.11 Å². The summed E-state index contributed by atoms with van der Waals surface area (Å²) in [7, 11) is 0. The minimum Gasteiger partial charge on any atom is -0.463 e. The molecule has 0 aliphatic rings. The van der Waals surface area contributed by atoms with Gasteiger partial charge in [0.1, 0.15) is 6.61 Å². The third-order valence-electron chi connectivity index (χ3n) is 1.28. The third kappa shape index (κ3) is 7.33. The minimum absolute atomic E-state index is 0.0899. The summed E-state index contributed by atoms with van der Waals surface area (Å²) < 4.78 is 4.65. The topological polar surface area (TPSA) is 46.5 Å². The van der Waals surface area contributed by atoms with E-state index in [2.05, 4.69) is 18.6 Å². The number of hydrogen-bond acceptors (Lipinski definition) is 3. The molecule has 0 bridgehead atoms. The molecule has 0 heterocycles. The molecule has 0 saturated heterocycles. The first-order chi connectivity index (χ1) is 5.16. The maximum atomic E-state index is 10.8. The van der Waals surface area contributed by atoms with Crippen molar-refractivity contribution in [3.8, 4) is 0 Å². The Bertz CT molecular complexity index is 110. The van der Waals surface area contributed by atoms with Gasteiger partial charge in [0.15, 0.2) is 0 Å². The molecule has 3 nitrogen and oxygen atoms in total. The van der Waals surface area contributed by atoms with Crippen LogP contribution in [-0.4, -0.2) is 24.3 Å². The number of aliphatic hydroxyl groups is 1. The summed E-state index contributed by atoms with van der Waals surface area (Å²) in [5.74, 6) is 0.310. The van der Waals surface area contributed by atoms with Gasteiger partial charge in [-0.15, -0.1) is 0 Å². The Labute approximate surface area is 67.4 Å². The molecular formula is C8H16O3. The minimum atomic E-state index is -0.215. The highest BCUT2D eigenvalue weighted by atomic mass is 16.5. The van der Waals surface area contributed by atoms with E-state index in [1.807, 2.05) is 0 Å². The Balaban J connectivity index is 3.23. The fraction of sp³-hybridized carbons (Fsp3) is 0.875. The van der Waals surface area contributed by atoms with E-state index >= 15 is 0 Å².